The lowest BCUT2D eigenvalue weighted by molar-refractivity contribution is -0.114. The second kappa shape index (κ2) is 11.8. The first-order valence-electron chi connectivity index (χ1n) is 11.6. The number of hydrogen-bond acceptors (Lipinski definition) is 5. The van der Waals surface area contributed by atoms with Crippen molar-refractivity contribution in [1.29, 1.82) is 0 Å². The number of sulfonamides is 2. The number of carbonyl (C=O) groups is 1. The van der Waals surface area contributed by atoms with Gasteiger partial charge in [-0.15, -0.1) is 0 Å². The Kier molecular flexibility index (Phi) is 8.69. The van der Waals surface area contributed by atoms with E-state index in [2.05, 4.69) is 10.0 Å². The number of carbonyl (C=O) groups excluding carboxylic acids is 1. The Morgan fingerprint density at radius 1 is 0.825 bits per heavy atom. The van der Waals surface area contributed by atoms with Crippen LogP contribution in [0.2, 0.25) is 10.0 Å². The van der Waals surface area contributed by atoms with Crippen molar-refractivity contribution >= 4 is 66.2 Å². The van der Waals surface area contributed by atoms with Gasteiger partial charge in [0.25, 0.3) is 20.0 Å². The van der Waals surface area contributed by atoms with Crippen molar-refractivity contribution in [2.75, 3.05) is 20.9 Å². The molecule has 1 amide bonds. The third-order valence-corrected chi connectivity index (χ3v) is 9.64. The van der Waals surface area contributed by atoms with Crippen LogP contribution in [0.3, 0.4) is 0 Å². The molecule has 4 rings (SSSR count). The minimum atomic E-state index is -4.24. The standard InChI is InChI=1S/C27H22Cl2FN3O5S2/c1-18-5-11-21(12-6-18)33(40(37,38)23-13-7-19(30)8-14-23)17-26(34)31-20-9-15-22(16-10-20)39(35,36)32-25-4-2-3-24(28)27(25)29/h2-16,32H,17H2,1H3,(H,31,34). The monoisotopic (exact) mass is 621 g/mol. The fraction of sp³-hybridized carbons (Fsp3) is 0.0741. The van der Waals surface area contributed by atoms with Crippen LogP contribution in [-0.2, 0) is 24.8 Å². The van der Waals surface area contributed by atoms with E-state index in [1.165, 1.54) is 36.4 Å². The quantitative estimate of drug-likeness (QED) is 0.235. The molecule has 208 valence electrons. The van der Waals surface area contributed by atoms with E-state index in [1.807, 2.05) is 6.92 Å². The molecule has 0 aromatic heterocycles. The molecule has 4 aromatic rings. The molecule has 0 fully saturated rings. The van der Waals surface area contributed by atoms with Gasteiger partial charge in [0.15, 0.2) is 0 Å². The number of hydrogen-bond donors (Lipinski definition) is 2. The van der Waals surface area contributed by atoms with Crippen LogP contribution in [0.5, 0.6) is 0 Å². The van der Waals surface area contributed by atoms with Gasteiger partial charge in [-0.2, -0.15) is 0 Å². The lowest BCUT2D eigenvalue weighted by atomic mass is 10.2. The topological polar surface area (TPSA) is 113 Å². The van der Waals surface area contributed by atoms with Crippen LogP contribution in [-0.4, -0.2) is 29.3 Å². The van der Waals surface area contributed by atoms with Crippen LogP contribution < -0.4 is 14.3 Å². The molecule has 0 aliphatic heterocycles. The molecule has 0 unspecified atom stereocenters. The third kappa shape index (κ3) is 6.73. The minimum absolute atomic E-state index is 0.0466. The third-order valence-electron chi connectivity index (χ3n) is 5.66. The Hall–Kier alpha value is -3.64. The Morgan fingerprint density at radius 3 is 2.05 bits per heavy atom. The molecule has 0 saturated heterocycles. The number of rotatable bonds is 9. The molecular formula is C27H22Cl2FN3O5S2. The van der Waals surface area contributed by atoms with Gasteiger partial charge in [-0.25, -0.2) is 21.2 Å². The molecule has 0 bridgehead atoms. The maximum atomic E-state index is 13.4. The van der Waals surface area contributed by atoms with Crippen molar-refractivity contribution in [2.45, 2.75) is 16.7 Å². The summed E-state index contributed by atoms with van der Waals surface area (Å²) < 4.78 is 69.1. The van der Waals surface area contributed by atoms with Crippen LogP contribution in [0.1, 0.15) is 5.56 Å². The molecule has 0 spiro atoms. The van der Waals surface area contributed by atoms with E-state index in [-0.39, 0.29) is 36.9 Å². The molecule has 0 atom stereocenters. The zero-order valence-corrected chi connectivity index (χ0v) is 24.0. The lowest BCUT2D eigenvalue weighted by Gasteiger charge is -2.24. The Morgan fingerprint density at radius 2 is 1.43 bits per heavy atom. The van der Waals surface area contributed by atoms with E-state index in [0.717, 1.165) is 34.1 Å². The predicted octanol–water partition coefficient (Wildman–Crippen LogP) is 6.08. The van der Waals surface area contributed by atoms with Crippen molar-refractivity contribution < 1.29 is 26.0 Å². The summed E-state index contributed by atoms with van der Waals surface area (Å²) in [5.41, 5.74) is 1.45. The number of aryl methyl sites for hydroxylation is 1. The zero-order valence-electron chi connectivity index (χ0n) is 20.8. The normalized spacial score (nSPS) is 11.6. The number of halogens is 3. The number of nitrogens with one attached hydrogen (secondary N) is 2. The SMILES string of the molecule is Cc1ccc(N(CC(=O)Nc2ccc(S(=O)(=O)Nc3cccc(Cl)c3Cl)cc2)S(=O)(=O)c2ccc(F)cc2)cc1. The first-order chi connectivity index (χ1) is 18.9. The molecular weight excluding hydrogens is 600 g/mol. The highest BCUT2D eigenvalue weighted by molar-refractivity contribution is 7.93. The van der Waals surface area contributed by atoms with Crippen LogP contribution in [0.15, 0.2) is 101 Å². The summed E-state index contributed by atoms with van der Waals surface area (Å²) in [6.45, 7) is 1.23. The van der Waals surface area contributed by atoms with Gasteiger partial charge in [-0.05, 0) is 79.7 Å². The summed E-state index contributed by atoms with van der Waals surface area (Å²) in [6.07, 6.45) is 0. The number of nitrogens with zero attached hydrogens (tertiary/aromatic N) is 1. The fourth-order valence-electron chi connectivity index (χ4n) is 3.59. The van der Waals surface area contributed by atoms with E-state index in [9.17, 15) is 26.0 Å². The molecule has 0 saturated carbocycles. The average molecular weight is 623 g/mol. The van der Waals surface area contributed by atoms with Crippen LogP contribution in [0, 0.1) is 12.7 Å². The van der Waals surface area contributed by atoms with Crippen LogP contribution >= 0.6 is 23.2 Å². The van der Waals surface area contributed by atoms with Gasteiger partial charge in [-0.3, -0.25) is 13.8 Å². The predicted molar refractivity (Wildman–Crippen MR) is 154 cm³/mol. The summed E-state index contributed by atoms with van der Waals surface area (Å²) in [4.78, 5) is 12.7. The van der Waals surface area contributed by atoms with Crippen molar-refractivity contribution in [1.82, 2.24) is 0 Å². The van der Waals surface area contributed by atoms with Crippen LogP contribution in [0.4, 0.5) is 21.5 Å². The molecule has 13 heteroatoms. The van der Waals surface area contributed by atoms with Crippen LogP contribution in [0.25, 0.3) is 0 Å². The number of anilines is 3. The summed E-state index contributed by atoms with van der Waals surface area (Å²) in [5, 5.41) is 2.80. The summed E-state index contributed by atoms with van der Waals surface area (Å²) in [7, 11) is -8.27. The van der Waals surface area contributed by atoms with E-state index in [4.69, 9.17) is 23.2 Å². The van der Waals surface area contributed by atoms with Crippen molar-refractivity contribution in [3.05, 3.63) is 112 Å². The summed E-state index contributed by atoms with van der Waals surface area (Å²) in [6, 6.07) is 20.6. The first-order valence-corrected chi connectivity index (χ1v) is 15.3. The van der Waals surface area contributed by atoms with E-state index >= 15 is 0 Å². The Balaban J connectivity index is 1.53. The highest BCUT2D eigenvalue weighted by Gasteiger charge is 2.27. The molecule has 0 aliphatic carbocycles. The van der Waals surface area contributed by atoms with Gasteiger partial charge in [0.1, 0.15) is 12.4 Å². The maximum absolute atomic E-state index is 13.4. The van der Waals surface area contributed by atoms with Crippen molar-refractivity contribution in [3.8, 4) is 0 Å². The Bertz CT molecular complexity index is 1750. The highest BCUT2D eigenvalue weighted by Crippen LogP contribution is 2.31. The first kappa shape index (κ1) is 29.3. The molecule has 40 heavy (non-hydrogen) atoms. The number of benzene rings is 4. The zero-order chi connectivity index (χ0) is 29.1. The van der Waals surface area contributed by atoms with Gasteiger partial charge >= 0.3 is 0 Å². The molecule has 0 aliphatic rings. The van der Waals surface area contributed by atoms with Crippen molar-refractivity contribution in [3.63, 3.8) is 0 Å². The summed E-state index contributed by atoms with van der Waals surface area (Å²) in [5.74, 6) is -1.29. The minimum Gasteiger partial charge on any atom is -0.325 e. The van der Waals surface area contributed by atoms with E-state index in [1.54, 1.807) is 30.3 Å². The lowest BCUT2D eigenvalue weighted by Crippen LogP contribution is -2.38. The van der Waals surface area contributed by atoms with Gasteiger partial charge in [-0.1, -0.05) is 47.0 Å². The molecule has 2 N–H and O–H groups in total. The molecule has 0 heterocycles. The maximum Gasteiger partial charge on any atom is 0.264 e. The fourth-order valence-corrected chi connectivity index (χ4v) is 6.49. The molecule has 4 aromatic carbocycles. The Labute approximate surface area is 241 Å². The van der Waals surface area contributed by atoms with Crippen molar-refractivity contribution in [2.24, 2.45) is 0 Å². The van der Waals surface area contributed by atoms with Gasteiger partial charge < -0.3 is 5.32 Å². The highest BCUT2D eigenvalue weighted by atomic mass is 35.5. The second-order valence-electron chi connectivity index (χ2n) is 8.58. The van der Waals surface area contributed by atoms with E-state index < -0.39 is 38.3 Å². The van der Waals surface area contributed by atoms with Gasteiger partial charge in [0.05, 0.1) is 31.2 Å². The smallest absolute Gasteiger partial charge is 0.264 e. The summed E-state index contributed by atoms with van der Waals surface area (Å²) >= 11 is 12.0. The number of amides is 1. The van der Waals surface area contributed by atoms with Gasteiger partial charge in [0.2, 0.25) is 5.91 Å². The largest absolute Gasteiger partial charge is 0.325 e. The average Bonchev–Trinajstić information content (AvgIpc) is 2.91. The second-order valence-corrected chi connectivity index (χ2v) is 12.9. The van der Waals surface area contributed by atoms with Gasteiger partial charge in [0, 0.05) is 5.69 Å². The molecule has 0 radical (unpaired) electrons. The van der Waals surface area contributed by atoms with E-state index in [0.29, 0.717) is 0 Å². The molecule has 8 nitrogen and oxygen atoms in total.